The maximum atomic E-state index is 13.0. The number of carbonyl (C=O) groups is 1. The first-order valence-corrected chi connectivity index (χ1v) is 7.77. The molecule has 0 saturated carbocycles. The molecule has 0 bridgehead atoms. The van der Waals surface area contributed by atoms with Gasteiger partial charge in [0, 0.05) is 30.7 Å². The van der Waals surface area contributed by atoms with Crippen LogP contribution in [0.5, 0.6) is 0 Å². The van der Waals surface area contributed by atoms with E-state index in [0.717, 1.165) is 31.0 Å². The molecular formula is C17H19N3O2. The molecule has 2 aliphatic rings. The number of rotatable bonds is 2. The smallest absolute Gasteiger partial charge is 0.261 e. The molecule has 0 radical (unpaired) electrons. The second kappa shape index (κ2) is 5.25. The van der Waals surface area contributed by atoms with Crippen LogP contribution in [-0.4, -0.2) is 35.9 Å². The van der Waals surface area contributed by atoms with Crippen molar-refractivity contribution in [2.75, 3.05) is 24.7 Å². The number of aromatic nitrogens is 2. The van der Waals surface area contributed by atoms with Crippen LogP contribution < -0.4 is 4.90 Å². The van der Waals surface area contributed by atoms with Crippen molar-refractivity contribution in [3.8, 4) is 0 Å². The summed E-state index contributed by atoms with van der Waals surface area (Å²) in [5, 5.41) is 7.12. The summed E-state index contributed by atoms with van der Waals surface area (Å²) in [5.74, 6) is 0.648. The number of nitrogens with one attached hydrogen (secondary N) is 1. The molecule has 3 heterocycles. The van der Waals surface area contributed by atoms with Crippen LogP contribution in [0.1, 0.15) is 46.8 Å². The van der Waals surface area contributed by atoms with Gasteiger partial charge in [0.25, 0.3) is 5.91 Å². The lowest BCUT2D eigenvalue weighted by Crippen LogP contribution is -2.30. The Morgan fingerprint density at radius 2 is 2.27 bits per heavy atom. The summed E-state index contributed by atoms with van der Waals surface area (Å²) >= 11 is 0. The molecule has 2 aromatic rings. The number of fused-ring (bicyclic) bond motifs is 1. The minimum Gasteiger partial charge on any atom is -0.381 e. The van der Waals surface area contributed by atoms with E-state index in [1.54, 1.807) is 6.20 Å². The van der Waals surface area contributed by atoms with Crippen LogP contribution >= 0.6 is 0 Å². The van der Waals surface area contributed by atoms with Gasteiger partial charge in [0.15, 0.2) is 0 Å². The van der Waals surface area contributed by atoms with E-state index in [0.29, 0.717) is 18.1 Å². The molecule has 1 amide bonds. The number of ether oxygens (including phenoxy) is 1. The molecule has 1 saturated heterocycles. The summed E-state index contributed by atoms with van der Waals surface area (Å²) in [4.78, 5) is 14.9. The van der Waals surface area contributed by atoms with E-state index >= 15 is 0 Å². The average molecular weight is 297 g/mol. The number of benzene rings is 1. The molecule has 2 atom stereocenters. The number of hydrogen-bond donors (Lipinski definition) is 1. The Balaban J connectivity index is 1.68. The van der Waals surface area contributed by atoms with E-state index in [9.17, 15) is 4.79 Å². The Hall–Kier alpha value is -2.14. The van der Waals surface area contributed by atoms with Gasteiger partial charge in [0.2, 0.25) is 0 Å². The number of aromatic amines is 1. The molecule has 5 heteroatoms. The van der Waals surface area contributed by atoms with Crippen molar-refractivity contribution in [3.63, 3.8) is 0 Å². The molecule has 4 rings (SSSR count). The van der Waals surface area contributed by atoms with Crippen LogP contribution in [0.25, 0.3) is 0 Å². The fourth-order valence-corrected chi connectivity index (χ4v) is 3.50. The van der Waals surface area contributed by atoms with Gasteiger partial charge in [-0.2, -0.15) is 5.10 Å². The quantitative estimate of drug-likeness (QED) is 0.927. The van der Waals surface area contributed by atoms with Gasteiger partial charge in [-0.15, -0.1) is 0 Å². The second-order valence-electron chi connectivity index (χ2n) is 6.13. The third kappa shape index (κ3) is 2.04. The second-order valence-corrected chi connectivity index (χ2v) is 6.13. The minimum atomic E-state index is 0.0347. The third-order valence-electron chi connectivity index (χ3n) is 4.70. The molecule has 5 nitrogen and oxygen atoms in total. The van der Waals surface area contributed by atoms with Gasteiger partial charge in [0.1, 0.15) is 0 Å². The van der Waals surface area contributed by atoms with Crippen LogP contribution in [0.4, 0.5) is 5.69 Å². The van der Waals surface area contributed by atoms with Gasteiger partial charge < -0.3 is 9.64 Å². The maximum Gasteiger partial charge on any atom is 0.261 e. The van der Waals surface area contributed by atoms with Gasteiger partial charge in [0.05, 0.1) is 24.1 Å². The highest BCUT2D eigenvalue weighted by Gasteiger charge is 2.33. The van der Waals surface area contributed by atoms with Gasteiger partial charge >= 0.3 is 0 Å². The largest absolute Gasteiger partial charge is 0.381 e. The van der Waals surface area contributed by atoms with E-state index in [4.69, 9.17) is 4.74 Å². The summed E-state index contributed by atoms with van der Waals surface area (Å²) in [6, 6.07) is 8.14. The van der Waals surface area contributed by atoms with E-state index < -0.39 is 0 Å². The summed E-state index contributed by atoms with van der Waals surface area (Å²) < 4.78 is 5.44. The predicted molar refractivity (Wildman–Crippen MR) is 83.3 cm³/mol. The number of carbonyl (C=O) groups excluding carboxylic acids is 1. The Kier molecular flexibility index (Phi) is 3.22. The van der Waals surface area contributed by atoms with Gasteiger partial charge in [-0.1, -0.05) is 25.1 Å². The highest BCUT2D eigenvalue weighted by Crippen LogP contribution is 2.37. The van der Waals surface area contributed by atoms with E-state index in [2.05, 4.69) is 23.2 Å². The highest BCUT2D eigenvalue weighted by molar-refractivity contribution is 6.08. The normalized spacial score (nSPS) is 23.8. The third-order valence-corrected chi connectivity index (χ3v) is 4.70. The Bertz CT molecular complexity index is 703. The average Bonchev–Trinajstić information content (AvgIpc) is 3.26. The van der Waals surface area contributed by atoms with Crippen LogP contribution in [0, 0.1) is 0 Å². The molecular weight excluding hydrogens is 278 g/mol. The first-order chi connectivity index (χ1) is 10.8. The van der Waals surface area contributed by atoms with Crippen molar-refractivity contribution in [2.45, 2.75) is 25.2 Å². The van der Waals surface area contributed by atoms with Crippen LogP contribution in [0.15, 0.2) is 30.5 Å². The zero-order valence-electron chi connectivity index (χ0n) is 12.6. The fraction of sp³-hybridized carbons (Fsp3) is 0.412. The van der Waals surface area contributed by atoms with Crippen molar-refractivity contribution < 1.29 is 9.53 Å². The van der Waals surface area contributed by atoms with Crippen LogP contribution in [0.2, 0.25) is 0 Å². The van der Waals surface area contributed by atoms with E-state index in [1.807, 2.05) is 23.1 Å². The summed E-state index contributed by atoms with van der Waals surface area (Å²) in [6.45, 7) is 4.30. The molecule has 22 heavy (non-hydrogen) atoms. The molecule has 1 aromatic carbocycles. The molecule has 1 N–H and O–H groups in total. The van der Waals surface area contributed by atoms with Crippen molar-refractivity contribution in [2.24, 2.45) is 0 Å². The number of amides is 1. The SMILES string of the molecule is C[C@@H]1CN(C(=O)c2cn[nH]c2[C@@H]2CCOC2)c2ccccc21. The Morgan fingerprint density at radius 1 is 1.41 bits per heavy atom. The lowest BCUT2D eigenvalue weighted by atomic mass is 10.0. The number of anilines is 1. The van der Waals surface area contributed by atoms with Gasteiger partial charge in [-0.3, -0.25) is 9.89 Å². The first kappa shape index (κ1) is 13.5. The molecule has 114 valence electrons. The van der Waals surface area contributed by atoms with Crippen molar-refractivity contribution in [1.82, 2.24) is 10.2 Å². The minimum absolute atomic E-state index is 0.0347. The highest BCUT2D eigenvalue weighted by atomic mass is 16.5. The lowest BCUT2D eigenvalue weighted by molar-refractivity contribution is 0.0987. The first-order valence-electron chi connectivity index (χ1n) is 7.77. The van der Waals surface area contributed by atoms with Crippen LogP contribution in [0.3, 0.4) is 0 Å². The van der Waals surface area contributed by atoms with Gasteiger partial charge in [-0.05, 0) is 18.1 Å². The predicted octanol–water partition coefficient (Wildman–Crippen LogP) is 2.68. The standard InChI is InChI=1S/C17H19N3O2/c1-11-9-20(15-5-3-2-4-13(11)15)17(21)14-8-18-19-16(14)12-6-7-22-10-12/h2-5,8,11-12H,6-7,9-10H2,1H3,(H,18,19)/t11-,12-/m1/s1. The zero-order chi connectivity index (χ0) is 15.1. The molecule has 0 unspecified atom stereocenters. The summed E-state index contributed by atoms with van der Waals surface area (Å²) in [7, 11) is 0. The lowest BCUT2D eigenvalue weighted by Gasteiger charge is -2.18. The van der Waals surface area contributed by atoms with Crippen LogP contribution in [-0.2, 0) is 4.74 Å². The number of nitrogens with zero attached hydrogens (tertiary/aromatic N) is 2. The van der Waals surface area contributed by atoms with Crippen molar-refractivity contribution >= 4 is 11.6 Å². The Labute approximate surface area is 129 Å². The number of hydrogen-bond acceptors (Lipinski definition) is 3. The molecule has 0 aliphatic carbocycles. The Morgan fingerprint density at radius 3 is 3.09 bits per heavy atom. The molecule has 1 aromatic heterocycles. The van der Waals surface area contributed by atoms with Crippen molar-refractivity contribution in [1.29, 1.82) is 0 Å². The number of para-hydroxylation sites is 1. The summed E-state index contributed by atoms with van der Waals surface area (Å²) in [5.41, 5.74) is 3.86. The monoisotopic (exact) mass is 297 g/mol. The molecule has 0 spiro atoms. The molecule has 1 fully saturated rings. The molecule has 2 aliphatic heterocycles. The number of H-pyrrole nitrogens is 1. The van der Waals surface area contributed by atoms with Gasteiger partial charge in [-0.25, -0.2) is 0 Å². The maximum absolute atomic E-state index is 13.0. The van der Waals surface area contributed by atoms with E-state index in [1.165, 1.54) is 5.56 Å². The summed E-state index contributed by atoms with van der Waals surface area (Å²) in [6.07, 6.45) is 2.59. The van der Waals surface area contributed by atoms with Crippen molar-refractivity contribution in [3.05, 3.63) is 47.3 Å². The topological polar surface area (TPSA) is 58.2 Å². The van der Waals surface area contributed by atoms with E-state index in [-0.39, 0.29) is 11.8 Å². The fourth-order valence-electron chi connectivity index (χ4n) is 3.50. The zero-order valence-corrected chi connectivity index (χ0v) is 12.6.